The highest BCUT2D eigenvalue weighted by atomic mass is 35.5. The van der Waals surface area contributed by atoms with E-state index in [1.807, 2.05) is 23.1 Å². The van der Waals surface area contributed by atoms with Crippen molar-refractivity contribution in [2.75, 3.05) is 54.5 Å². The molecule has 3 saturated heterocycles. The molecular weight excluding hydrogens is 689 g/mol. The predicted molar refractivity (Wildman–Crippen MR) is 189 cm³/mol. The molecule has 3 N–H and O–H groups in total. The maximum absolute atomic E-state index is 14.8. The maximum atomic E-state index is 14.8. The van der Waals surface area contributed by atoms with Gasteiger partial charge in [-0.05, 0) is 104 Å². The Balaban J connectivity index is 0.00000406. The Labute approximate surface area is 300 Å². The van der Waals surface area contributed by atoms with Crippen molar-refractivity contribution >= 4 is 35.5 Å². The Morgan fingerprint density at radius 3 is 2.51 bits per heavy atom. The number of amides is 2. The Hall–Kier alpha value is -3.77. The van der Waals surface area contributed by atoms with Gasteiger partial charge in [-0.25, -0.2) is 26.7 Å². The zero-order valence-electron chi connectivity index (χ0n) is 28.2. The van der Waals surface area contributed by atoms with Gasteiger partial charge in [0.1, 0.15) is 5.82 Å². The van der Waals surface area contributed by atoms with Crippen LogP contribution in [-0.4, -0.2) is 63.4 Å². The zero-order chi connectivity index (χ0) is 34.6. The fourth-order valence-corrected chi connectivity index (χ4v) is 9.13. The number of piperidine rings is 1. The highest BCUT2D eigenvalue weighted by Crippen LogP contribution is 2.52. The van der Waals surface area contributed by atoms with Gasteiger partial charge >= 0.3 is 6.03 Å². The molecule has 0 saturated carbocycles. The van der Waals surface area contributed by atoms with Crippen molar-refractivity contribution in [3.63, 3.8) is 0 Å². The number of halogens is 6. The van der Waals surface area contributed by atoms with Crippen LogP contribution in [0.25, 0.3) is 0 Å². The molecular formula is C38H43ClF5N5O2. The summed E-state index contributed by atoms with van der Waals surface area (Å²) in [6.07, 6.45) is 3.78. The average Bonchev–Trinajstić information content (AvgIpc) is 3.58. The molecule has 7 nitrogen and oxygen atoms in total. The van der Waals surface area contributed by atoms with Crippen LogP contribution in [0.3, 0.4) is 0 Å². The summed E-state index contributed by atoms with van der Waals surface area (Å²) in [5, 5.41) is 9.65. The van der Waals surface area contributed by atoms with Gasteiger partial charge in [-0.2, -0.15) is 0 Å². The van der Waals surface area contributed by atoms with Gasteiger partial charge in [-0.3, -0.25) is 0 Å². The van der Waals surface area contributed by atoms with E-state index < -0.39 is 17.6 Å². The highest BCUT2D eigenvalue weighted by Gasteiger charge is 2.48. The molecule has 1 spiro atoms. The number of fused-ring (bicyclic) bond motifs is 5. The minimum Gasteiger partial charge on any atom is -0.381 e. The van der Waals surface area contributed by atoms with Crippen LogP contribution in [0.1, 0.15) is 61.3 Å². The zero-order valence-corrected chi connectivity index (χ0v) is 29.0. The molecule has 13 heteroatoms. The number of nitrogens with one attached hydrogen (secondary N) is 3. The summed E-state index contributed by atoms with van der Waals surface area (Å²) in [7, 11) is 0. The van der Waals surface area contributed by atoms with Crippen molar-refractivity contribution in [2.24, 2.45) is 5.92 Å². The number of urea groups is 1. The molecule has 1 aliphatic carbocycles. The number of hydrogen-bond donors (Lipinski definition) is 3. The first kappa shape index (κ1) is 35.6. The minimum absolute atomic E-state index is 0. The van der Waals surface area contributed by atoms with Gasteiger partial charge in [0.15, 0.2) is 11.6 Å². The van der Waals surface area contributed by atoms with Gasteiger partial charge in [0.2, 0.25) is 0 Å². The van der Waals surface area contributed by atoms with Crippen molar-refractivity contribution < 1.29 is 31.5 Å². The molecule has 51 heavy (non-hydrogen) atoms. The van der Waals surface area contributed by atoms with E-state index in [4.69, 9.17) is 4.74 Å². The molecule has 2 amide bonds. The van der Waals surface area contributed by atoms with Gasteiger partial charge in [-0.1, -0.05) is 12.1 Å². The lowest BCUT2D eigenvalue weighted by Gasteiger charge is -2.42. The standard InChI is InChI=1S/C38H42F5N5O2.ClH/c39-25-2-4-28-29(17-25)37(9-11-47(12-10-37)26-3-6-32-35(18-26)48-22-38(42,43)19-27(48)21-44-32)20-34(28)46-36(49)45-33(24-7-13-50-14-8-24)16-23-1-5-30(40)31(41)15-23;/h1-6,15,17-18,24,27,33-34,44H,7-14,16,19-22H2,(H2,45,46,49);1H/t27-,33+,34?;/m0./s1. The van der Waals surface area contributed by atoms with Crippen molar-refractivity contribution in [3.8, 4) is 0 Å². The SMILES string of the molecule is Cl.O=C(NC1CC2(CCN(c3ccc4c(c3)N3CC(F)(F)C[C@H]3CN4)CC2)c2cc(F)ccc21)N[C@H](Cc1ccc(F)c(F)c1)C1CCOCC1. The summed E-state index contributed by atoms with van der Waals surface area (Å²) in [5.74, 6) is -4.75. The van der Waals surface area contributed by atoms with Crippen molar-refractivity contribution in [1.82, 2.24) is 10.6 Å². The Morgan fingerprint density at radius 2 is 1.75 bits per heavy atom. The lowest BCUT2D eigenvalue weighted by atomic mass is 9.73. The number of carbonyl (C=O) groups excluding carboxylic acids is 1. The van der Waals surface area contributed by atoms with Gasteiger partial charge in [0, 0.05) is 56.4 Å². The Bertz CT molecular complexity index is 1770. The van der Waals surface area contributed by atoms with Gasteiger partial charge < -0.3 is 30.5 Å². The molecule has 3 aromatic carbocycles. The smallest absolute Gasteiger partial charge is 0.315 e. The van der Waals surface area contributed by atoms with E-state index >= 15 is 0 Å². The van der Waals surface area contributed by atoms with Crippen LogP contribution in [0.5, 0.6) is 0 Å². The lowest BCUT2D eigenvalue weighted by molar-refractivity contribution is 0.0229. The number of carbonyl (C=O) groups is 1. The first-order chi connectivity index (χ1) is 24.1. The summed E-state index contributed by atoms with van der Waals surface area (Å²) in [4.78, 5) is 17.8. The second-order valence-corrected chi connectivity index (χ2v) is 14.8. The second-order valence-electron chi connectivity index (χ2n) is 14.8. The topological polar surface area (TPSA) is 68.9 Å². The van der Waals surface area contributed by atoms with E-state index in [9.17, 15) is 26.7 Å². The number of rotatable bonds is 6. The summed E-state index contributed by atoms with van der Waals surface area (Å²) in [5.41, 5.74) is 4.73. The molecule has 1 unspecified atom stereocenters. The molecule has 5 aliphatic rings. The van der Waals surface area contributed by atoms with E-state index in [0.29, 0.717) is 51.3 Å². The molecule has 4 heterocycles. The van der Waals surface area contributed by atoms with Crippen molar-refractivity contribution in [1.29, 1.82) is 0 Å². The van der Waals surface area contributed by atoms with E-state index in [1.54, 1.807) is 18.2 Å². The predicted octanol–water partition coefficient (Wildman–Crippen LogP) is 7.49. The third kappa shape index (κ3) is 7.05. The molecule has 274 valence electrons. The summed E-state index contributed by atoms with van der Waals surface area (Å²) < 4.78 is 76.6. The van der Waals surface area contributed by atoms with E-state index in [2.05, 4.69) is 20.9 Å². The Kier molecular flexibility index (Phi) is 9.77. The van der Waals surface area contributed by atoms with Crippen molar-refractivity contribution in [3.05, 3.63) is 88.7 Å². The first-order valence-corrected chi connectivity index (χ1v) is 17.7. The highest BCUT2D eigenvalue weighted by molar-refractivity contribution is 5.85. The minimum atomic E-state index is -2.71. The number of alkyl halides is 2. The van der Waals surface area contributed by atoms with Crippen LogP contribution < -0.4 is 25.8 Å². The molecule has 0 bridgehead atoms. The van der Waals surface area contributed by atoms with Gasteiger partial charge in [0.05, 0.1) is 30.0 Å². The molecule has 0 aromatic heterocycles. The number of hydrogen-bond acceptors (Lipinski definition) is 5. The van der Waals surface area contributed by atoms with Gasteiger partial charge in [0.25, 0.3) is 5.92 Å². The van der Waals surface area contributed by atoms with Crippen LogP contribution >= 0.6 is 12.4 Å². The molecule has 0 radical (unpaired) electrons. The third-order valence-corrected chi connectivity index (χ3v) is 11.7. The van der Waals surface area contributed by atoms with Crippen LogP contribution in [0.4, 0.5) is 43.8 Å². The molecule has 4 aliphatic heterocycles. The summed E-state index contributed by atoms with van der Waals surface area (Å²) >= 11 is 0. The molecule has 3 fully saturated rings. The Morgan fingerprint density at radius 1 is 0.961 bits per heavy atom. The van der Waals surface area contributed by atoms with Gasteiger partial charge in [-0.15, -0.1) is 12.4 Å². The van der Waals surface area contributed by atoms with E-state index in [-0.39, 0.29) is 66.7 Å². The summed E-state index contributed by atoms with van der Waals surface area (Å²) in [6.45, 7) is 2.76. The fourth-order valence-electron chi connectivity index (χ4n) is 9.13. The first-order valence-electron chi connectivity index (χ1n) is 17.7. The third-order valence-electron chi connectivity index (χ3n) is 11.7. The molecule has 8 rings (SSSR count). The van der Waals surface area contributed by atoms with Crippen molar-refractivity contribution in [2.45, 2.75) is 74.4 Å². The van der Waals surface area contributed by atoms with Crippen LogP contribution in [0.2, 0.25) is 0 Å². The van der Waals surface area contributed by atoms with E-state index in [1.165, 1.54) is 12.1 Å². The monoisotopic (exact) mass is 731 g/mol. The quantitative estimate of drug-likeness (QED) is 0.230. The van der Waals surface area contributed by atoms with E-state index in [0.717, 1.165) is 59.9 Å². The second kappa shape index (κ2) is 14.0. The number of benzene rings is 3. The lowest BCUT2D eigenvalue weighted by Crippen LogP contribution is -2.49. The van der Waals surface area contributed by atoms with Crippen LogP contribution in [0, 0.1) is 23.4 Å². The number of nitrogens with zero attached hydrogens (tertiary/aromatic N) is 2. The number of anilines is 3. The summed E-state index contributed by atoms with van der Waals surface area (Å²) in [6, 6.07) is 13.4. The molecule has 3 atom stereocenters. The maximum Gasteiger partial charge on any atom is 0.315 e. The van der Waals surface area contributed by atoms with Crippen LogP contribution in [-0.2, 0) is 16.6 Å². The number of ether oxygens (including phenoxy) is 1. The average molecular weight is 732 g/mol. The normalized spacial score (nSPS) is 23.8. The van der Waals surface area contributed by atoms with Crippen LogP contribution in [0.15, 0.2) is 54.6 Å². The molecule has 3 aromatic rings. The fraction of sp³-hybridized carbons (Fsp3) is 0.500. The largest absolute Gasteiger partial charge is 0.381 e.